The molecule has 1 aromatic heterocycles. The van der Waals surface area contributed by atoms with E-state index in [0.29, 0.717) is 29.6 Å². The molecular weight excluding hydrogens is 282 g/mol. The lowest BCUT2D eigenvalue weighted by atomic mass is 10.2. The Balaban J connectivity index is 2.33. The Hall–Kier alpha value is -2.50. The van der Waals surface area contributed by atoms with E-state index in [1.807, 2.05) is 0 Å². The van der Waals surface area contributed by atoms with Crippen molar-refractivity contribution < 1.29 is 9.47 Å². The van der Waals surface area contributed by atoms with Gasteiger partial charge in [0.25, 0.3) is 5.56 Å². The Morgan fingerprint density at radius 2 is 1.82 bits per heavy atom. The summed E-state index contributed by atoms with van der Waals surface area (Å²) in [5, 5.41) is 3.03. The average molecular weight is 303 g/mol. The van der Waals surface area contributed by atoms with Gasteiger partial charge in [-0.05, 0) is 5.92 Å². The number of hydrogen-bond acceptors (Lipinski definition) is 5. The Morgan fingerprint density at radius 3 is 2.36 bits per heavy atom. The van der Waals surface area contributed by atoms with Crippen LogP contribution in [0.4, 0.5) is 11.5 Å². The van der Waals surface area contributed by atoms with E-state index in [1.54, 1.807) is 49.4 Å². The number of nitrogens with one attached hydrogen (secondary N) is 1. The fourth-order valence-electron chi connectivity index (χ4n) is 2.09. The van der Waals surface area contributed by atoms with Crippen molar-refractivity contribution in [2.24, 2.45) is 5.92 Å². The molecule has 0 amide bonds. The monoisotopic (exact) mass is 303 g/mol. The average Bonchev–Trinajstić information content (AvgIpc) is 2.50. The second kappa shape index (κ2) is 6.98. The molecule has 0 radical (unpaired) electrons. The molecule has 6 heteroatoms. The highest BCUT2D eigenvalue weighted by Gasteiger charge is 2.08. The third kappa shape index (κ3) is 3.78. The molecule has 1 N–H and O–H groups in total. The molecule has 0 fully saturated rings. The molecule has 0 unspecified atom stereocenters. The van der Waals surface area contributed by atoms with E-state index in [2.05, 4.69) is 24.1 Å². The van der Waals surface area contributed by atoms with Gasteiger partial charge in [-0.25, -0.2) is 4.98 Å². The molecule has 0 atom stereocenters. The Labute approximate surface area is 129 Å². The maximum absolute atomic E-state index is 12.4. The van der Waals surface area contributed by atoms with Gasteiger partial charge in [0, 0.05) is 42.8 Å². The molecule has 2 aromatic rings. The fraction of sp³-hybridized carbons (Fsp3) is 0.375. The highest BCUT2D eigenvalue weighted by Crippen LogP contribution is 2.26. The first-order chi connectivity index (χ1) is 10.5. The third-order valence-electron chi connectivity index (χ3n) is 3.09. The second-order valence-corrected chi connectivity index (χ2v) is 5.35. The number of nitrogens with zero attached hydrogens (tertiary/aromatic N) is 2. The van der Waals surface area contributed by atoms with Gasteiger partial charge in [-0.3, -0.25) is 4.79 Å². The molecule has 6 nitrogen and oxygen atoms in total. The zero-order valence-electron chi connectivity index (χ0n) is 13.3. The number of benzene rings is 1. The second-order valence-electron chi connectivity index (χ2n) is 5.35. The third-order valence-corrected chi connectivity index (χ3v) is 3.09. The molecule has 0 aliphatic carbocycles. The smallest absolute Gasteiger partial charge is 0.293 e. The predicted molar refractivity (Wildman–Crippen MR) is 86.2 cm³/mol. The number of aromatic nitrogens is 2. The summed E-state index contributed by atoms with van der Waals surface area (Å²) >= 11 is 0. The summed E-state index contributed by atoms with van der Waals surface area (Å²) in [6.07, 6.45) is 3.31. The zero-order valence-corrected chi connectivity index (χ0v) is 13.3. The molecular formula is C16H21N3O3. The molecule has 0 bridgehead atoms. The van der Waals surface area contributed by atoms with Gasteiger partial charge >= 0.3 is 0 Å². The van der Waals surface area contributed by atoms with Crippen molar-refractivity contribution in [2.75, 3.05) is 19.5 Å². The van der Waals surface area contributed by atoms with Crippen molar-refractivity contribution in [3.63, 3.8) is 0 Å². The van der Waals surface area contributed by atoms with Gasteiger partial charge in [0.1, 0.15) is 11.5 Å². The standard InChI is InChI=1S/C16H21N3O3/c1-11(2)10-19-6-5-17-15(16(19)20)18-12-7-13(21-3)9-14(8-12)22-4/h5-9,11H,10H2,1-4H3,(H,17,18). The molecule has 118 valence electrons. The first-order valence-electron chi connectivity index (χ1n) is 7.09. The first kappa shape index (κ1) is 15.9. The highest BCUT2D eigenvalue weighted by molar-refractivity contribution is 5.60. The lowest BCUT2D eigenvalue weighted by molar-refractivity contribution is 0.395. The quantitative estimate of drug-likeness (QED) is 0.888. The first-order valence-corrected chi connectivity index (χ1v) is 7.09. The normalized spacial score (nSPS) is 10.6. The molecule has 0 aliphatic rings. The number of anilines is 2. The van der Waals surface area contributed by atoms with Crippen LogP contribution in [0.3, 0.4) is 0 Å². The van der Waals surface area contributed by atoms with Crippen LogP contribution in [-0.2, 0) is 6.54 Å². The van der Waals surface area contributed by atoms with Crippen molar-refractivity contribution in [2.45, 2.75) is 20.4 Å². The van der Waals surface area contributed by atoms with Crippen LogP contribution < -0.4 is 20.3 Å². The number of methoxy groups -OCH3 is 2. The predicted octanol–water partition coefficient (Wildman–Crippen LogP) is 2.66. The molecule has 2 rings (SSSR count). The summed E-state index contributed by atoms with van der Waals surface area (Å²) in [4.78, 5) is 16.5. The maximum atomic E-state index is 12.4. The summed E-state index contributed by atoms with van der Waals surface area (Å²) in [7, 11) is 3.16. The zero-order chi connectivity index (χ0) is 16.1. The van der Waals surface area contributed by atoms with E-state index in [4.69, 9.17) is 9.47 Å². The topological polar surface area (TPSA) is 65.4 Å². The summed E-state index contributed by atoms with van der Waals surface area (Å²) in [6.45, 7) is 4.78. The van der Waals surface area contributed by atoms with Gasteiger partial charge in [-0.15, -0.1) is 0 Å². The molecule has 22 heavy (non-hydrogen) atoms. The summed E-state index contributed by atoms with van der Waals surface area (Å²) in [5.41, 5.74) is 0.529. The molecule has 0 saturated heterocycles. The van der Waals surface area contributed by atoms with Crippen LogP contribution in [0.1, 0.15) is 13.8 Å². The fourth-order valence-corrected chi connectivity index (χ4v) is 2.09. The van der Waals surface area contributed by atoms with Crippen LogP contribution in [0.15, 0.2) is 35.4 Å². The maximum Gasteiger partial charge on any atom is 0.293 e. The molecule has 1 aromatic carbocycles. The number of hydrogen-bond donors (Lipinski definition) is 1. The lowest BCUT2D eigenvalue weighted by Gasteiger charge is -2.12. The van der Waals surface area contributed by atoms with Crippen LogP contribution >= 0.6 is 0 Å². The van der Waals surface area contributed by atoms with Crippen LogP contribution in [0.5, 0.6) is 11.5 Å². The van der Waals surface area contributed by atoms with Crippen molar-refractivity contribution in [1.29, 1.82) is 0 Å². The Kier molecular flexibility index (Phi) is 5.04. The summed E-state index contributed by atoms with van der Waals surface area (Å²) < 4.78 is 12.1. The summed E-state index contributed by atoms with van der Waals surface area (Å²) in [5.74, 6) is 1.93. The summed E-state index contributed by atoms with van der Waals surface area (Å²) in [6, 6.07) is 5.33. The lowest BCUT2D eigenvalue weighted by Crippen LogP contribution is -2.25. The van der Waals surface area contributed by atoms with E-state index in [9.17, 15) is 4.79 Å². The minimum absolute atomic E-state index is 0.155. The van der Waals surface area contributed by atoms with Crippen LogP contribution in [0.2, 0.25) is 0 Å². The minimum Gasteiger partial charge on any atom is -0.497 e. The van der Waals surface area contributed by atoms with Gasteiger partial charge in [-0.2, -0.15) is 0 Å². The van der Waals surface area contributed by atoms with Gasteiger partial charge in [0.15, 0.2) is 5.82 Å². The number of ether oxygens (including phenoxy) is 2. The highest BCUT2D eigenvalue weighted by atomic mass is 16.5. The Bertz CT molecular complexity index is 673. The van der Waals surface area contributed by atoms with Crippen molar-refractivity contribution in [3.05, 3.63) is 40.9 Å². The molecule has 0 saturated carbocycles. The van der Waals surface area contributed by atoms with Crippen LogP contribution in [0.25, 0.3) is 0 Å². The van der Waals surface area contributed by atoms with Crippen molar-refractivity contribution in [1.82, 2.24) is 9.55 Å². The SMILES string of the molecule is COc1cc(Nc2nccn(CC(C)C)c2=O)cc(OC)c1. The molecule has 1 heterocycles. The molecule has 0 spiro atoms. The van der Waals surface area contributed by atoms with E-state index in [1.165, 1.54) is 0 Å². The minimum atomic E-state index is -0.155. The van der Waals surface area contributed by atoms with Gasteiger partial charge in [-0.1, -0.05) is 13.8 Å². The van der Waals surface area contributed by atoms with E-state index in [-0.39, 0.29) is 11.4 Å². The van der Waals surface area contributed by atoms with Crippen molar-refractivity contribution in [3.8, 4) is 11.5 Å². The van der Waals surface area contributed by atoms with E-state index >= 15 is 0 Å². The van der Waals surface area contributed by atoms with Gasteiger partial charge < -0.3 is 19.4 Å². The van der Waals surface area contributed by atoms with E-state index in [0.717, 1.165) is 0 Å². The molecule has 0 aliphatic heterocycles. The largest absolute Gasteiger partial charge is 0.497 e. The van der Waals surface area contributed by atoms with Crippen LogP contribution in [0, 0.1) is 5.92 Å². The number of rotatable bonds is 6. The van der Waals surface area contributed by atoms with E-state index < -0.39 is 0 Å². The van der Waals surface area contributed by atoms with Gasteiger partial charge in [0.05, 0.1) is 14.2 Å². The Morgan fingerprint density at radius 1 is 1.18 bits per heavy atom. The van der Waals surface area contributed by atoms with Crippen molar-refractivity contribution >= 4 is 11.5 Å². The van der Waals surface area contributed by atoms with Gasteiger partial charge in [0.2, 0.25) is 0 Å². The van der Waals surface area contributed by atoms with Crippen LogP contribution in [-0.4, -0.2) is 23.8 Å².